The van der Waals surface area contributed by atoms with E-state index >= 15 is 0 Å². The molecule has 1 aromatic carbocycles. The van der Waals surface area contributed by atoms with E-state index in [1.807, 2.05) is 0 Å². The summed E-state index contributed by atoms with van der Waals surface area (Å²) in [7, 11) is 0. The smallest absolute Gasteiger partial charge is 0.280 e. The van der Waals surface area contributed by atoms with Crippen LogP contribution >= 0.6 is 11.6 Å². The first-order valence-electron chi connectivity index (χ1n) is 5.35. The number of nitro groups is 1. The summed E-state index contributed by atoms with van der Waals surface area (Å²) < 4.78 is 5.46. The van der Waals surface area contributed by atoms with Crippen LogP contribution in [-0.4, -0.2) is 9.91 Å². The number of oxazole rings is 1. The normalized spacial score (nSPS) is 12.4. The van der Waals surface area contributed by atoms with Crippen LogP contribution in [0.3, 0.4) is 0 Å². The molecule has 1 heterocycles. The third kappa shape index (κ3) is 2.22. The van der Waals surface area contributed by atoms with Crippen LogP contribution in [-0.2, 0) is 0 Å². The highest BCUT2D eigenvalue weighted by Crippen LogP contribution is 2.34. The largest absolute Gasteiger partial charge is 0.439 e. The van der Waals surface area contributed by atoms with Crippen LogP contribution in [0.4, 0.5) is 5.69 Å². The van der Waals surface area contributed by atoms with Crippen molar-refractivity contribution in [1.82, 2.24) is 4.98 Å². The van der Waals surface area contributed by atoms with Crippen LogP contribution in [0.25, 0.3) is 11.3 Å². The maximum absolute atomic E-state index is 11.0. The van der Waals surface area contributed by atoms with Crippen molar-refractivity contribution in [1.29, 1.82) is 0 Å². The van der Waals surface area contributed by atoms with Gasteiger partial charge in [0.25, 0.3) is 5.69 Å². The first-order valence-corrected chi connectivity index (χ1v) is 5.78. The number of aromatic nitrogens is 1. The quantitative estimate of drug-likeness (QED) is 0.480. The van der Waals surface area contributed by atoms with E-state index in [1.54, 1.807) is 26.0 Å². The van der Waals surface area contributed by atoms with Crippen molar-refractivity contribution in [2.75, 3.05) is 0 Å². The van der Waals surface area contributed by atoms with E-state index in [1.165, 1.54) is 12.3 Å². The minimum absolute atomic E-state index is 0.0000690. The number of hydrogen-bond acceptors (Lipinski definition) is 4. The van der Waals surface area contributed by atoms with E-state index in [2.05, 4.69) is 4.98 Å². The van der Waals surface area contributed by atoms with Gasteiger partial charge < -0.3 is 4.42 Å². The van der Waals surface area contributed by atoms with Gasteiger partial charge in [0.1, 0.15) is 5.38 Å². The average Bonchev–Trinajstić information content (AvgIpc) is 2.77. The molecule has 0 radical (unpaired) electrons. The molecule has 0 spiro atoms. The molecular weight excluding hydrogens is 256 g/mol. The predicted molar refractivity (Wildman–Crippen MR) is 67.6 cm³/mol. The standard InChI is InChI=1S/C12H11ClN2O3/c1-7-4-3-5-9(15(16)17)11(7)10-6-14-12(18-10)8(2)13/h3-6,8H,1-2H3. The van der Waals surface area contributed by atoms with Crippen molar-refractivity contribution >= 4 is 17.3 Å². The fourth-order valence-electron chi connectivity index (χ4n) is 1.71. The Morgan fingerprint density at radius 1 is 1.50 bits per heavy atom. The fourth-order valence-corrected chi connectivity index (χ4v) is 1.81. The van der Waals surface area contributed by atoms with Gasteiger partial charge in [0, 0.05) is 6.07 Å². The summed E-state index contributed by atoms with van der Waals surface area (Å²) in [6.45, 7) is 3.51. The second kappa shape index (κ2) is 4.78. The molecule has 18 heavy (non-hydrogen) atoms. The first-order chi connectivity index (χ1) is 8.50. The monoisotopic (exact) mass is 266 g/mol. The summed E-state index contributed by atoms with van der Waals surface area (Å²) in [4.78, 5) is 14.6. The number of aryl methyl sites for hydroxylation is 1. The van der Waals surface area contributed by atoms with Gasteiger partial charge in [0.2, 0.25) is 5.89 Å². The average molecular weight is 267 g/mol. The minimum atomic E-state index is -0.436. The summed E-state index contributed by atoms with van der Waals surface area (Å²) >= 11 is 5.86. The van der Waals surface area contributed by atoms with E-state index < -0.39 is 4.92 Å². The van der Waals surface area contributed by atoms with E-state index in [9.17, 15) is 10.1 Å². The lowest BCUT2D eigenvalue weighted by Gasteiger charge is -2.03. The van der Waals surface area contributed by atoms with Crippen LogP contribution < -0.4 is 0 Å². The minimum Gasteiger partial charge on any atom is -0.439 e. The zero-order valence-electron chi connectivity index (χ0n) is 9.88. The molecule has 1 unspecified atom stereocenters. The molecule has 0 aliphatic heterocycles. The Hall–Kier alpha value is -1.88. The van der Waals surface area contributed by atoms with E-state index in [0.29, 0.717) is 17.2 Å². The van der Waals surface area contributed by atoms with Crippen LogP contribution in [0.2, 0.25) is 0 Å². The molecule has 0 bridgehead atoms. The van der Waals surface area contributed by atoms with E-state index in [4.69, 9.17) is 16.0 Å². The molecule has 0 fully saturated rings. The molecule has 94 valence electrons. The number of rotatable bonds is 3. The second-order valence-electron chi connectivity index (χ2n) is 3.90. The molecule has 0 aliphatic carbocycles. The number of halogens is 1. The van der Waals surface area contributed by atoms with Gasteiger partial charge in [-0.25, -0.2) is 4.98 Å². The van der Waals surface area contributed by atoms with Gasteiger partial charge >= 0.3 is 0 Å². The lowest BCUT2D eigenvalue weighted by molar-refractivity contribution is -0.384. The Bertz CT molecular complexity index is 593. The molecule has 1 aromatic heterocycles. The molecule has 0 N–H and O–H groups in total. The Balaban J connectivity index is 2.58. The van der Waals surface area contributed by atoms with Crippen molar-refractivity contribution < 1.29 is 9.34 Å². The van der Waals surface area contributed by atoms with Crippen molar-refractivity contribution in [3.8, 4) is 11.3 Å². The highest BCUT2D eigenvalue weighted by Gasteiger charge is 2.21. The van der Waals surface area contributed by atoms with E-state index in [0.717, 1.165) is 5.56 Å². The van der Waals surface area contributed by atoms with Gasteiger partial charge in [-0.3, -0.25) is 10.1 Å². The van der Waals surface area contributed by atoms with Crippen molar-refractivity contribution in [3.63, 3.8) is 0 Å². The number of hydrogen-bond donors (Lipinski definition) is 0. The fraction of sp³-hybridized carbons (Fsp3) is 0.250. The number of nitro benzene ring substituents is 1. The summed E-state index contributed by atoms with van der Waals surface area (Å²) in [6.07, 6.45) is 1.46. The Labute approximate surface area is 109 Å². The topological polar surface area (TPSA) is 69.2 Å². The van der Waals surface area contributed by atoms with Crippen molar-refractivity contribution in [2.24, 2.45) is 0 Å². The van der Waals surface area contributed by atoms with Gasteiger partial charge in [-0.2, -0.15) is 0 Å². The highest BCUT2D eigenvalue weighted by molar-refractivity contribution is 6.20. The highest BCUT2D eigenvalue weighted by atomic mass is 35.5. The molecule has 0 saturated carbocycles. The lowest BCUT2D eigenvalue weighted by Crippen LogP contribution is -1.93. The first kappa shape index (κ1) is 12.6. The number of alkyl halides is 1. The van der Waals surface area contributed by atoms with Gasteiger partial charge in [-0.15, -0.1) is 11.6 Å². The van der Waals surface area contributed by atoms with Gasteiger partial charge in [0.05, 0.1) is 16.7 Å². The SMILES string of the molecule is Cc1cccc([N+](=O)[O-])c1-c1cnc(C(C)Cl)o1. The molecule has 0 aliphatic rings. The molecule has 2 aromatic rings. The summed E-state index contributed by atoms with van der Waals surface area (Å²) in [5.41, 5.74) is 1.20. The summed E-state index contributed by atoms with van der Waals surface area (Å²) in [5, 5.41) is 10.6. The zero-order chi connectivity index (χ0) is 13.3. The maximum atomic E-state index is 11.0. The molecule has 1 atom stereocenters. The number of nitrogens with zero attached hydrogens (tertiary/aromatic N) is 2. The Morgan fingerprint density at radius 3 is 2.78 bits per heavy atom. The van der Waals surface area contributed by atoms with Gasteiger partial charge in [-0.05, 0) is 19.4 Å². The summed E-state index contributed by atoms with van der Waals surface area (Å²) in [6, 6.07) is 4.86. The molecule has 0 amide bonds. The Kier molecular flexibility index (Phi) is 3.34. The third-order valence-electron chi connectivity index (χ3n) is 2.56. The van der Waals surface area contributed by atoms with Crippen LogP contribution in [0.5, 0.6) is 0 Å². The molecule has 2 rings (SSSR count). The van der Waals surface area contributed by atoms with Crippen molar-refractivity contribution in [3.05, 3.63) is 46.0 Å². The van der Waals surface area contributed by atoms with Crippen LogP contribution in [0, 0.1) is 17.0 Å². The number of benzene rings is 1. The predicted octanol–water partition coefficient (Wildman–Crippen LogP) is 3.86. The van der Waals surface area contributed by atoms with E-state index in [-0.39, 0.29) is 11.1 Å². The third-order valence-corrected chi connectivity index (χ3v) is 2.74. The molecular formula is C12H11ClN2O3. The summed E-state index contributed by atoms with van der Waals surface area (Å²) in [5.74, 6) is 0.714. The molecule has 5 nitrogen and oxygen atoms in total. The van der Waals surface area contributed by atoms with Gasteiger partial charge in [0.15, 0.2) is 5.76 Å². The second-order valence-corrected chi connectivity index (χ2v) is 4.56. The Morgan fingerprint density at radius 2 is 2.22 bits per heavy atom. The zero-order valence-corrected chi connectivity index (χ0v) is 10.6. The lowest BCUT2D eigenvalue weighted by atomic mass is 10.1. The maximum Gasteiger partial charge on any atom is 0.280 e. The van der Waals surface area contributed by atoms with Crippen molar-refractivity contribution in [2.45, 2.75) is 19.2 Å². The molecule has 6 heteroatoms. The van der Waals surface area contributed by atoms with Crippen LogP contribution in [0.1, 0.15) is 23.8 Å². The molecule has 0 saturated heterocycles. The van der Waals surface area contributed by atoms with Gasteiger partial charge in [-0.1, -0.05) is 12.1 Å². The van der Waals surface area contributed by atoms with Crippen LogP contribution in [0.15, 0.2) is 28.8 Å².